The highest BCUT2D eigenvalue weighted by atomic mass is 35.5. The normalized spacial score (nSPS) is 17.4. The van der Waals surface area contributed by atoms with Crippen molar-refractivity contribution in [3.8, 4) is 5.75 Å². The molecule has 4 rings (SSSR count). The number of aliphatic hydroxyl groups excluding tert-OH is 1. The Labute approximate surface area is 194 Å². The second-order valence-corrected chi connectivity index (χ2v) is 8.94. The molecule has 0 aliphatic carbocycles. The van der Waals surface area contributed by atoms with E-state index in [1.165, 1.54) is 12.1 Å². The Morgan fingerprint density at radius 2 is 1.84 bits per heavy atom. The Hall–Kier alpha value is -2.18. The predicted molar refractivity (Wildman–Crippen MR) is 128 cm³/mol. The van der Waals surface area contributed by atoms with E-state index in [0.29, 0.717) is 16.8 Å². The molecule has 1 fully saturated rings. The van der Waals surface area contributed by atoms with Gasteiger partial charge in [0, 0.05) is 37.1 Å². The third-order valence-electron chi connectivity index (χ3n) is 6.57. The molecule has 32 heavy (non-hydrogen) atoms. The average Bonchev–Trinajstić information content (AvgIpc) is 2.83. The standard InChI is InChI=1S/C26H30ClFN2O2/c1-17(26(31)20-5-9-23-19(15-20)6-10-24(32-2)25(23)27)30-13-11-22(12-14-30)29-16-18-3-7-21(28)8-4-18/h3-10,15,17,22,26,29,31H,11-14,16H2,1-2H3/t17-,26-/m0/s1. The van der Waals surface area contributed by atoms with Crippen LogP contribution in [0, 0.1) is 5.82 Å². The molecule has 0 aromatic heterocycles. The number of methoxy groups -OCH3 is 1. The monoisotopic (exact) mass is 456 g/mol. The summed E-state index contributed by atoms with van der Waals surface area (Å²) in [5.74, 6) is 0.445. The third-order valence-corrected chi connectivity index (χ3v) is 6.96. The van der Waals surface area contributed by atoms with Gasteiger partial charge in [0.25, 0.3) is 0 Å². The zero-order chi connectivity index (χ0) is 22.7. The Balaban J connectivity index is 1.34. The number of halogens is 2. The zero-order valence-corrected chi connectivity index (χ0v) is 19.3. The van der Waals surface area contributed by atoms with Gasteiger partial charge in [0.05, 0.1) is 18.2 Å². The fraction of sp³-hybridized carbons (Fsp3) is 0.385. The molecular weight excluding hydrogens is 427 g/mol. The van der Waals surface area contributed by atoms with E-state index >= 15 is 0 Å². The second-order valence-electron chi connectivity index (χ2n) is 8.57. The fourth-order valence-electron chi connectivity index (χ4n) is 4.49. The van der Waals surface area contributed by atoms with Gasteiger partial charge in [-0.05, 0) is 60.5 Å². The number of fused-ring (bicyclic) bond motifs is 1. The molecule has 2 atom stereocenters. The first kappa shape index (κ1) is 23.0. The summed E-state index contributed by atoms with van der Waals surface area (Å²) in [5.41, 5.74) is 1.98. The van der Waals surface area contributed by atoms with Gasteiger partial charge in [-0.25, -0.2) is 4.39 Å². The summed E-state index contributed by atoms with van der Waals surface area (Å²) in [7, 11) is 1.61. The van der Waals surface area contributed by atoms with E-state index in [0.717, 1.165) is 54.4 Å². The number of likely N-dealkylation sites (tertiary alicyclic amines) is 1. The molecule has 0 saturated carbocycles. The van der Waals surface area contributed by atoms with Gasteiger partial charge in [0.15, 0.2) is 0 Å². The number of aliphatic hydroxyl groups is 1. The summed E-state index contributed by atoms with van der Waals surface area (Å²) in [4.78, 5) is 2.35. The van der Waals surface area contributed by atoms with E-state index in [1.807, 2.05) is 42.5 Å². The van der Waals surface area contributed by atoms with Crippen LogP contribution in [0.15, 0.2) is 54.6 Å². The first-order valence-electron chi connectivity index (χ1n) is 11.1. The SMILES string of the molecule is COc1ccc2cc([C@@H](O)[C@H](C)N3CCC(NCc4ccc(F)cc4)CC3)ccc2c1Cl. The number of piperidine rings is 1. The van der Waals surface area contributed by atoms with Crippen molar-refractivity contribution in [2.75, 3.05) is 20.2 Å². The van der Waals surface area contributed by atoms with Gasteiger partial charge in [-0.3, -0.25) is 4.90 Å². The highest BCUT2D eigenvalue weighted by Crippen LogP contribution is 2.34. The zero-order valence-electron chi connectivity index (χ0n) is 18.5. The summed E-state index contributed by atoms with van der Waals surface area (Å²) in [6.07, 6.45) is 1.46. The first-order chi connectivity index (χ1) is 15.5. The summed E-state index contributed by atoms with van der Waals surface area (Å²) < 4.78 is 18.4. The molecule has 6 heteroatoms. The number of nitrogens with one attached hydrogen (secondary N) is 1. The molecule has 1 aliphatic rings. The lowest BCUT2D eigenvalue weighted by molar-refractivity contribution is 0.0414. The van der Waals surface area contributed by atoms with Crippen LogP contribution in [0.4, 0.5) is 4.39 Å². The number of hydrogen-bond acceptors (Lipinski definition) is 4. The molecule has 2 N–H and O–H groups in total. The van der Waals surface area contributed by atoms with Gasteiger partial charge < -0.3 is 15.2 Å². The van der Waals surface area contributed by atoms with Crippen molar-refractivity contribution in [2.24, 2.45) is 0 Å². The predicted octanol–water partition coefficient (Wildman–Crippen LogP) is 5.32. The van der Waals surface area contributed by atoms with E-state index < -0.39 is 6.10 Å². The van der Waals surface area contributed by atoms with Crippen LogP contribution < -0.4 is 10.1 Å². The minimum absolute atomic E-state index is 0.0132. The van der Waals surface area contributed by atoms with Crippen molar-refractivity contribution in [3.05, 3.63) is 76.6 Å². The second kappa shape index (κ2) is 10.2. The Bertz CT molecular complexity index is 1050. The van der Waals surface area contributed by atoms with E-state index in [1.54, 1.807) is 7.11 Å². The number of nitrogens with zero attached hydrogens (tertiary/aromatic N) is 1. The molecule has 1 heterocycles. The number of rotatable bonds is 7. The van der Waals surface area contributed by atoms with Crippen molar-refractivity contribution in [2.45, 2.75) is 44.5 Å². The average molecular weight is 457 g/mol. The molecular formula is C26H30ClFN2O2. The number of ether oxygens (including phenoxy) is 1. The van der Waals surface area contributed by atoms with E-state index in [2.05, 4.69) is 17.1 Å². The van der Waals surface area contributed by atoms with Crippen LogP contribution in [0.3, 0.4) is 0 Å². The van der Waals surface area contributed by atoms with Crippen LogP contribution >= 0.6 is 11.6 Å². The molecule has 1 saturated heterocycles. The number of hydrogen-bond donors (Lipinski definition) is 2. The van der Waals surface area contributed by atoms with Gasteiger partial charge in [-0.2, -0.15) is 0 Å². The highest BCUT2D eigenvalue weighted by Gasteiger charge is 2.27. The highest BCUT2D eigenvalue weighted by molar-refractivity contribution is 6.37. The van der Waals surface area contributed by atoms with E-state index in [4.69, 9.17) is 16.3 Å². The van der Waals surface area contributed by atoms with Crippen LogP contribution in [-0.4, -0.2) is 42.3 Å². The van der Waals surface area contributed by atoms with Gasteiger partial charge in [-0.1, -0.05) is 41.9 Å². The maximum Gasteiger partial charge on any atom is 0.138 e. The summed E-state index contributed by atoms with van der Waals surface area (Å²) >= 11 is 6.42. The summed E-state index contributed by atoms with van der Waals surface area (Å²) in [5, 5.41) is 17.1. The summed E-state index contributed by atoms with van der Waals surface area (Å²) in [6, 6.07) is 16.8. The molecule has 0 spiro atoms. The minimum Gasteiger partial charge on any atom is -0.495 e. The van der Waals surface area contributed by atoms with Gasteiger partial charge in [0.2, 0.25) is 0 Å². The molecule has 4 nitrogen and oxygen atoms in total. The van der Waals surface area contributed by atoms with Crippen LogP contribution in [0.2, 0.25) is 5.02 Å². The molecule has 0 radical (unpaired) electrons. The molecule has 0 bridgehead atoms. The minimum atomic E-state index is -0.580. The van der Waals surface area contributed by atoms with Crippen LogP contribution in [-0.2, 0) is 6.54 Å². The number of benzene rings is 3. The Kier molecular flexibility index (Phi) is 7.31. The van der Waals surface area contributed by atoms with Crippen molar-refractivity contribution >= 4 is 22.4 Å². The molecule has 3 aromatic rings. The Morgan fingerprint density at radius 3 is 2.53 bits per heavy atom. The van der Waals surface area contributed by atoms with Crippen LogP contribution in [0.25, 0.3) is 10.8 Å². The van der Waals surface area contributed by atoms with E-state index in [-0.39, 0.29) is 11.9 Å². The van der Waals surface area contributed by atoms with Crippen LogP contribution in [0.5, 0.6) is 5.75 Å². The van der Waals surface area contributed by atoms with Gasteiger partial charge >= 0.3 is 0 Å². The third kappa shape index (κ3) is 5.07. The maximum atomic E-state index is 13.1. The molecule has 170 valence electrons. The smallest absolute Gasteiger partial charge is 0.138 e. The van der Waals surface area contributed by atoms with Crippen LogP contribution in [0.1, 0.15) is 37.0 Å². The lowest BCUT2D eigenvalue weighted by Gasteiger charge is -2.38. The largest absolute Gasteiger partial charge is 0.495 e. The quantitative estimate of drug-likeness (QED) is 0.505. The fourth-order valence-corrected chi connectivity index (χ4v) is 4.80. The lowest BCUT2D eigenvalue weighted by Crippen LogP contribution is -2.47. The lowest BCUT2D eigenvalue weighted by atomic mass is 9.96. The van der Waals surface area contributed by atoms with E-state index in [9.17, 15) is 9.50 Å². The van der Waals surface area contributed by atoms with Gasteiger partial charge in [0.1, 0.15) is 11.6 Å². The molecule has 3 aromatic carbocycles. The topological polar surface area (TPSA) is 44.7 Å². The van der Waals surface area contributed by atoms with Crippen molar-refractivity contribution < 1.29 is 14.2 Å². The van der Waals surface area contributed by atoms with Crippen molar-refractivity contribution in [3.63, 3.8) is 0 Å². The first-order valence-corrected chi connectivity index (χ1v) is 11.5. The van der Waals surface area contributed by atoms with Crippen molar-refractivity contribution in [1.82, 2.24) is 10.2 Å². The Morgan fingerprint density at radius 1 is 1.12 bits per heavy atom. The molecule has 0 unspecified atom stereocenters. The molecule has 1 aliphatic heterocycles. The van der Waals surface area contributed by atoms with Gasteiger partial charge in [-0.15, -0.1) is 0 Å². The maximum absolute atomic E-state index is 13.1. The molecule has 0 amide bonds. The summed E-state index contributed by atoms with van der Waals surface area (Å²) in [6.45, 7) is 4.68. The van der Waals surface area contributed by atoms with Crippen molar-refractivity contribution in [1.29, 1.82) is 0 Å².